The van der Waals surface area contributed by atoms with Gasteiger partial charge in [-0.2, -0.15) is 5.10 Å². The fraction of sp³-hybridized carbons (Fsp3) is 0.391. The number of fused-ring (bicyclic) bond motifs is 2. The first-order chi connectivity index (χ1) is 13.5. The fourth-order valence-corrected chi connectivity index (χ4v) is 4.36. The van der Waals surface area contributed by atoms with Crippen LogP contribution in [0.4, 0.5) is 11.4 Å². The van der Waals surface area contributed by atoms with Crippen molar-refractivity contribution in [2.45, 2.75) is 51.5 Å². The summed E-state index contributed by atoms with van der Waals surface area (Å²) in [5.74, 6) is 0.681. The van der Waals surface area contributed by atoms with Gasteiger partial charge in [0.15, 0.2) is 0 Å². The second-order valence-electron chi connectivity index (χ2n) is 8.19. The Hall–Kier alpha value is -2.82. The molecule has 1 atom stereocenters. The molecule has 1 amide bonds. The van der Waals surface area contributed by atoms with Gasteiger partial charge in [-0.3, -0.25) is 9.48 Å². The van der Waals surface area contributed by atoms with Crippen LogP contribution in [-0.2, 0) is 18.3 Å². The van der Waals surface area contributed by atoms with Crippen LogP contribution in [0, 0.1) is 0 Å². The maximum atomic E-state index is 12.3. The molecule has 2 N–H and O–H groups in total. The minimum absolute atomic E-state index is 0.0735. The van der Waals surface area contributed by atoms with Crippen LogP contribution in [0.15, 0.2) is 30.3 Å². The fourth-order valence-electron chi connectivity index (χ4n) is 4.36. The summed E-state index contributed by atoms with van der Waals surface area (Å²) in [6.07, 6.45) is 3.83. The van der Waals surface area contributed by atoms with Crippen molar-refractivity contribution < 1.29 is 4.79 Å². The zero-order chi connectivity index (χ0) is 19.4. The minimum atomic E-state index is 0.0735. The van der Waals surface area contributed by atoms with E-state index in [2.05, 4.69) is 54.8 Å². The van der Waals surface area contributed by atoms with Crippen LogP contribution in [-0.4, -0.2) is 21.7 Å². The number of rotatable bonds is 3. The molecule has 2 aromatic carbocycles. The summed E-state index contributed by atoms with van der Waals surface area (Å²) < 4.78 is 1.99. The van der Waals surface area contributed by atoms with Gasteiger partial charge in [-0.25, -0.2) is 0 Å². The van der Waals surface area contributed by atoms with E-state index < -0.39 is 0 Å². The summed E-state index contributed by atoms with van der Waals surface area (Å²) in [5.41, 5.74) is 7.83. The highest BCUT2D eigenvalue weighted by molar-refractivity contribution is 6.02. The van der Waals surface area contributed by atoms with E-state index in [-0.39, 0.29) is 11.9 Å². The molecular weight excluding hydrogens is 348 g/mol. The van der Waals surface area contributed by atoms with Gasteiger partial charge < -0.3 is 10.6 Å². The summed E-state index contributed by atoms with van der Waals surface area (Å²) in [6.45, 7) is 4.19. The van der Waals surface area contributed by atoms with Gasteiger partial charge in [0.25, 0.3) is 0 Å². The number of hydrogen-bond acceptors (Lipinski definition) is 3. The molecule has 3 aromatic rings. The highest BCUT2D eigenvalue weighted by Gasteiger charge is 2.29. The Morgan fingerprint density at radius 3 is 2.75 bits per heavy atom. The van der Waals surface area contributed by atoms with E-state index in [4.69, 9.17) is 5.10 Å². The van der Waals surface area contributed by atoms with Crippen molar-refractivity contribution >= 4 is 28.2 Å². The minimum Gasteiger partial charge on any atom is -0.380 e. The quantitative estimate of drug-likeness (QED) is 0.691. The zero-order valence-corrected chi connectivity index (χ0v) is 16.7. The van der Waals surface area contributed by atoms with E-state index in [1.807, 2.05) is 11.7 Å². The molecule has 1 fully saturated rings. The highest BCUT2D eigenvalue weighted by Crippen LogP contribution is 2.44. The van der Waals surface area contributed by atoms with E-state index in [0.29, 0.717) is 12.3 Å². The maximum absolute atomic E-state index is 12.3. The van der Waals surface area contributed by atoms with Crippen LogP contribution in [0.3, 0.4) is 0 Å². The molecule has 0 radical (unpaired) electrons. The van der Waals surface area contributed by atoms with Crippen LogP contribution in [0.2, 0.25) is 0 Å². The maximum Gasteiger partial charge on any atom is 0.226 e. The number of hydrogen-bond donors (Lipinski definition) is 2. The van der Waals surface area contributed by atoms with Gasteiger partial charge in [-0.05, 0) is 49.4 Å². The van der Waals surface area contributed by atoms with Gasteiger partial charge in [0.2, 0.25) is 5.91 Å². The van der Waals surface area contributed by atoms with Crippen molar-refractivity contribution in [3.63, 3.8) is 0 Å². The van der Waals surface area contributed by atoms with Crippen LogP contribution in [0.5, 0.6) is 0 Å². The number of carbonyl (C=O) groups excluding carboxylic acids is 1. The Labute approximate surface area is 165 Å². The molecule has 2 aliphatic rings. The number of benzene rings is 2. The van der Waals surface area contributed by atoms with Crippen LogP contribution in [0.25, 0.3) is 22.0 Å². The number of carbonyl (C=O) groups is 1. The third-order valence-corrected chi connectivity index (χ3v) is 5.97. The van der Waals surface area contributed by atoms with E-state index in [0.717, 1.165) is 34.5 Å². The molecule has 0 bridgehead atoms. The SMILES string of the molecule is CCc1ccc(-c2ccc3c(c2)c(C2CC2)nn3C)c2c1NC(=O)C[C@@H](C)N2. The largest absolute Gasteiger partial charge is 0.380 e. The molecular formula is C23H26N4O. The van der Waals surface area contributed by atoms with Gasteiger partial charge in [0, 0.05) is 36.4 Å². The molecule has 5 heteroatoms. The van der Waals surface area contributed by atoms with Gasteiger partial charge >= 0.3 is 0 Å². The predicted octanol–water partition coefficient (Wildman–Crippen LogP) is 4.82. The molecule has 5 rings (SSSR count). The standard InChI is InChI=1S/C23H26N4O/c1-4-14-7-9-17(23-22(14)25-20(28)11-13(2)24-23)16-8-10-19-18(12-16)21(15-5-6-15)26-27(19)3/h7-10,12-13,15,24H,4-6,11H2,1-3H3,(H,25,28)/t13-/m1/s1. The van der Waals surface area contributed by atoms with Crippen LogP contribution < -0.4 is 10.6 Å². The van der Waals surface area contributed by atoms with Gasteiger partial charge in [0.05, 0.1) is 22.6 Å². The van der Waals surface area contributed by atoms with Gasteiger partial charge in [0.1, 0.15) is 0 Å². The van der Waals surface area contributed by atoms with Crippen molar-refractivity contribution in [3.8, 4) is 11.1 Å². The Morgan fingerprint density at radius 2 is 2.00 bits per heavy atom. The Kier molecular flexibility index (Phi) is 3.93. The molecule has 2 heterocycles. The Balaban J connectivity index is 1.70. The van der Waals surface area contributed by atoms with Gasteiger partial charge in [-0.1, -0.05) is 25.1 Å². The molecule has 5 nitrogen and oxygen atoms in total. The topological polar surface area (TPSA) is 59.0 Å². The first kappa shape index (κ1) is 17.3. The second kappa shape index (κ2) is 6.36. The number of nitrogens with one attached hydrogen (secondary N) is 2. The molecule has 0 unspecified atom stereocenters. The van der Waals surface area contributed by atoms with E-state index >= 15 is 0 Å². The third-order valence-electron chi connectivity index (χ3n) is 5.97. The summed E-state index contributed by atoms with van der Waals surface area (Å²) in [5, 5.41) is 12.8. The van der Waals surface area contributed by atoms with Crippen molar-refractivity contribution in [2.24, 2.45) is 7.05 Å². The lowest BCUT2D eigenvalue weighted by Crippen LogP contribution is -2.19. The Bertz CT molecular complexity index is 1090. The first-order valence-electron chi connectivity index (χ1n) is 10.2. The number of amides is 1. The molecule has 0 saturated heterocycles. The summed E-state index contributed by atoms with van der Waals surface area (Å²) >= 11 is 0. The normalized spacial score (nSPS) is 19.1. The van der Waals surface area contributed by atoms with Crippen LogP contribution >= 0.6 is 0 Å². The number of anilines is 2. The van der Waals surface area contributed by atoms with Crippen molar-refractivity contribution in [1.29, 1.82) is 0 Å². The second-order valence-corrected chi connectivity index (χ2v) is 8.19. The average Bonchev–Trinajstić information content (AvgIpc) is 3.48. The highest BCUT2D eigenvalue weighted by atomic mass is 16.1. The lowest BCUT2D eigenvalue weighted by atomic mass is 9.96. The molecule has 0 spiro atoms. The number of nitrogens with zero attached hydrogens (tertiary/aromatic N) is 2. The average molecular weight is 374 g/mol. The monoisotopic (exact) mass is 374 g/mol. The summed E-state index contributed by atoms with van der Waals surface area (Å²) in [4.78, 5) is 12.3. The molecule has 28 heavy (non-hydrogen) atoms. The Morgan fingerprint density at radius 1 is 1.18 bits per heavy atom. The van der Waals surface area contributed by atoms with E-state index in [1.165, 1.54) is 29.4 Å². The third kappa shape index (κ3) is 2.77. The number of aromatic nitrogens is 2. The van der Waals surface area contributed by atoms with Crippen molar-refractivity contribution in [3.05, 3.63) is 41.6 Å². The zero-order valence-electron chi connectivity index (χ0n) is 16.7. The van der Waals surface area contributed by atoms with E-state index in [9.17, 15) is 4.79 Å². The molecule has 1 saturated carbocycles. The smallest absolute Gasteiger partial charge is 0.226 e. The lowest BCUT2D eigenvalue weighted by Gasteiger charge is -2.19. The molecule has 1 aliphatic carbocycles. The predicted molar refractivity (Wildman–Crippen MR) is 114 cm³/mol. The summed E-state index contributed by atoms with van der Waals surface area (Å²) in [6, 6.07) is 11.0. The number of aryl methyl sites for hydroxylation is 2. The van der Waals surface area contributed by atoms with Gasteiger partial charge in [-0.15, -0.1) is 0 Å². The van der Waals surface area contributed by atoms with Crippen molar-refractivity contribution in [1.82, 2.24) is 9.78 Å². The molecule has 144 valence electrons. The molecule has 1 aromatic heterocycles. The van der Waals surface area contributed by atoms with Crippen LogP contribution in [0.1, 0.15) is 50.3 Å². The summed E-state index contributed by atoms with van der Waals surface area (Å²) in [7, 11) is 2.02. The first-order valence-corrected chi connectivity index (χ1v) is 10.2. The molecule has 1 aliphatic heterocycles. The van der Waals surface area contributed by atoms with E-state index in [1.54, 1.807) is 0 Å². The lowest BCUT2D eigenvalue weighted by molar-refractivity contribution is -0.116. The van der Waals surface area contributed by atoms with Crippen molar-refractivity contribution in [2.75, 3.05) is 10.6 Å².